The second kappa shape index (κ2) is 20.2. The average Bonchev–Trinajstić information content (AvgIpc) is 3.92. The number of hydrogen-bond donors (Lipinski definition) is 4. The van der Waals surface area contributed by atoms with Gasteiger partial charge in [0.25, 0.3) is 5.91 Å². The number of piperidine rings is 2. The standard InChI is InChI=1S/C24H20Cl3FN6O.C19H19Cl2FN6O/c25-14-7-15-16(10-31-21(15)30-9-14)22-32-11-19(28)23(33-22)29-8-13-3-2-6-34(12-13)24(35)20-17(26)4-1-5-18(20)27;20-5-16(29)28-3-1-2-11(10-28)6-23-19-15(22)9-26-18(27-19)14-8-25-17-13(14)4-12(21)7-24-17/h1,4-5,7,9-11,13H,2-3,6,8,12H2,(H,30,31)(H,29,32,33);4,7-9,11H,1-3,5-6,10H2,(H,24,25)(H,23,26,27). The van der Waals surface area contributed by atoms with E-state index in [9.17, 15) is 18.4 Å². The highest BCUT2D eigenvalue weighted by Gasteiger charge is 2.28. The van der Waals surface area contributed by atoms with Crippen LogP contribution in [-0.4, -0.2) is 107 Å². The molecule has 14 nitrogen and oxygen atoms in total. The number of carbonyl (C=O) groups excluding carboxylic acids is 2. The van der Waals surface area contributed by atoms with Crippen LogP contribution in [0, 0.1) is 23.5 Å². The zero-order valence-corrected chi connectivity index (χ0v) is 37.6. The lowest BCUT2D eigenvalue weighted by atomic mass is 9.97. The Hall–Kier alpha value is -5.39. The first-order valence-corrected chi connectivity index (χ1v) is 22.4. The molecule has 2 amide bonds. The number of nitrogens with one attached hydrogen (secondary N) is 4. The van der Waals surface area contributed by atoms with Crippen molar-refractivity contribution < 1.29 is 18.4 Å². The third kappa shape index (κ3) is 10.3. The number of carbonyl (C=O) groups is 2. The summed E-state index contributed by atoms with van der Waals surface area (Å²) in [6.07, 6.45) is 12.4. The van der Waals surface area contributed by atoms with Crippen molar-refractivity contribution in [3.8, 4) is 22.8 Å². The first-order chi connectivity index (χ1) is 30.9. The van der Waals surface area contributed by atoms with E-state index in [0.717, 1.165) is 48.8 Å². The molecule has 9 rings (SSSR count). The normalized spacial score (nSPS) is 16.4. The van der Waals surface area contributed by atoms with Crippen molar-refractivity contribution in [3.05, 3.63) is 105 Å². The van der Waals surface area contributed by atoms with Crippen LogP contribution in [0.2, 0.25) is 20.1 Å². The van der Waals surface area contributed by atoms with Gasteiger partial charge < -0.3 is 30.4 Å². The summed E-state index contributed by atoms with van der Waals surface area (Å²) in [4.78, 5) is 60.0. The lowest BCUT2D eigenvalue weighted by Gasteiger charge is -2.33. The second-order valence-electron chi connectivity index (χ2n) is 15.4. The predicted molar refractivity (Wildman–Crippen MR) is 246 cm³/mol. The number of rotatable bonds is 10. The highest BCUT2D eigenvalue weighted by atomic mass is 35.5. The third-order valence-corrected chi connectivity index (χ3v) is 12.3. The minimum atomic E-state index is -0.559. The fourth-order valence-electron chi connectivity index (χ4n) is 7.87. The summed E-state index contributed by atoms with van der Waals surface area (Å²) < 4.78 is 28.8. The maximum absolute atomic E-state index is 14.5. The number of fused-ring (bicyclic) bond motifs is 2. The molecule has 7 aromatic rings. The smallest absolute Gasteiger partial charge is 0.256 e. The third-order valence-electron chi connectivity index (χ3n) is 11.1. The lowest BCUT2D eigenvalue weighted by molar-refractivity contribution is -0.130. The summed E-state index contributed by atoms with van der Waals surface area (Å²) in [6.45, 7) is 3.37. The fraction of sp³-hybridized carbons (Fsp3) is 0.302. The summed E-state index contributed by atoms with van der Waals surface area (Å²) in [7, 11) is 0. The Labute approximate surface area is 390 Å². The van der Waals surface area contributed by atoms with Gasteiger partial charge in [-0.05, 0) is 61.8 Å². The summed E-state index contributed by atoms with van der Waals surface area (Å²) in [5.41, 5.74) is 2.96. The van der Waals surface area contributed by atoms with Crippen LogP contribution in [0.4, 0.5) is 20.4 Å². The molecule has 6 aromatic heterocycles. The molecule has 2 saturated heterocycles. The molecule has 1 aromatic carbocycles. The summed E-state index contributed by atoms with van der Waals surface area (Å²) >= 11 is 30.2. The van der Waals surface area contributed by atoms with Gasteiger partial charge in [0.05, 0.1) is 38.0 Å². The molecule has 64 heavy (non-hydrogen) atoms. The van der Waals surface area contributed by atoms with Crippen molar-refractivity contribution in [2.24, 2.45) is 11.8 Å². The number of aromatic nitrogens is 8. The number of anilines is 2. The van der Waals surface area contributed by atoms with E-state index in [1.165, 1.54) is 0 Å². The molecule has 0 saturated carbocycles. The van der Waals surface area contributed by atoms with Crippen molar-refractivity contribution in [2.75, 3.05) is 55.8 Å². The zero-order valence-electron chi connectivity index (χ0n) is 33.8. The molecular weight excluding hydrogens is 932 g/mol. The van der Waals surface area contributed by atoms with Crippen molar-refractivity contribution in [2.45, 2.75) is 25.7 Å². The van der Waals surface area contributed by atoms with Crippen LogP contribution in [0.25, 0.3) is 44.8 Å². The Morgan fingerprint density at radius 1 is 0.703 bits per heavy atom. The second-order valence-corrected chi connectivity index (χ2v) is 17.3. The van der Waals surface area contributed by atoms with E-state index >= 15 is 0 Å². The Balaban J connectivity index is 0.000000178. The molecular formula is C43H39Cl5F2N12O2. The maximum atomic E-state index is 14.5. The van der Waals surface area contributed by atoms with E-state index in [1.807, 2.05) is 0 Å². The molecule has 2 unspecified atom stereocenters. The highest BCUT2D eigenvalue weighted by molar-refractivity contribution is 6.39. The number of pyridine rings is 2. The number of alkyl halides is 1. The number of nitrogens with zero attached hydrogens (tertiary/aromatic N) is 8. The zero-order chi connectivity index (χ0) is 44.9. The maximum Gasteiger partial charge on any atom is 0.256 e. The van der Waals surface area contributed by atoms with Gasteiger partial charge in [0, 0.05) is 86.0 Å². The number of likely N-dealkylation sites (tertiary alicyclic amines) is 2. The Morgan fingerprint density at radius 3 is 1.69 bits per heavy atom. The van der Waals surface area contributed by atoms with E-state index in [-0.39, 0.29) is 41.2 Å². The quantitative estimate of drug-likeness (QED) is 0.0967. The van der Waals surface area contributed by atoms with Gasteiger partial charge in [0.15, 0.2) is 34.9 Å². The number of amides is 2. The molecule has 332 valence electrons. The number of benzene rings is 1. The molecule has 2 aliphatic rings. The van der Waals surface area contributed by atoms with Crippen molar-refractivity contribution in [1.29, 1.82) is 0 Å². The van der Waals surface area contributed by atoms with E-state index in [4.69, 9.17) is 58.0 Å². The Kier molecular flexibility index (Phi) is 14.3. The minimum absolute atomic E-state index is 0.0203. The number of hydrogen-bond acceptors (Lipinski definition) is 10. The first-order valence-electron chi connectivity index (χ1n) is 20.3. The van der Waals surface area contributed by atoms with Crippen LogP contribution >= 0.6 is 58.0 Å². The molecule has 21 heteroatoms. The number of H-pyrrole nitrogens is 2. The molecule has 2 aliphatic heterocycles. The van der Waals surface area contributed by atoms with Crippen LogP contribution in [0.1, 0.15) is 36.0 Å². The van der Waals surface area contributed by atoms with Gasteiger partial charge in [0.2, 0.25) is 5.91 Å². The number of aromatic amines is 2. The van der Waals surface area contributed by atoms with Crippen LogP contribution in [0.15, 0.2) is 67.5 Å². The molecule has 8 heterocycles. The highest BCUT2D eigenvalue weighted by Crippen LogP contribution is 2.31. The molecule has 0 aliphatic carbocycles. The van der Waals surface area contributed by atoms with Crippen molar-refractivity contribution >= 4 is 104 Å². The fourth-order valence-corrected chi connectivity index (χ4v) is 8.91. The minimum Gasteiger partial charge on any atom is -0.367 e. The van der Waals surface area contributed by atoms with E-state index < -0.39 is 11.6 Å². The average molecular weight is 971 g/mol. The molecule has 2 atom stereocenters. The Bertz CT molecular complexity index is 2810. The van der Waals surface area contributed by atoms with Gasteiger partial charge in [0.1, 0.15) is 17.2 Å². The molecule has 4 N–H and O–H groups in total. The lowest BCUT2D eigenvalue weighted by Crippen LogP contribution is -2.42. The van der Waals surface area contributed by atoms with Gasteiger partial charge in [-0.15, -0.1) is 11.6 Å². The van der Waals surface area contributed by atoms with Gasteiger partial charge in [-0.25, -0.2) is 38.7 Å². The van der Waals surface area contributed by atoms with Gasteiger partial charge in [-0.1, -0.05) is 52.5 Å². The largest absolute Gasteiger partial charge is 0.367 e. The monoisotopic (exact) mass is 968 g/mol. The Morgan fingerprint density at radius 2 is 1.19 bits per heavy atom. The van der Waals surface area contributed by atoms with Crippen LogP contribution in [0.3, 0.4) is 0 Å². The molecule has 0 bridgehead atoms. The van der Waals surface area contributed by atoms with Crippen LogP contribution < -0.4 is 10.6 Å². The van der Waals surface area contributed by atoms with Gasteiger partial charge in [-0.2, -0.15) is 0 Å². The summed E-state index contributed by atoms with van der Waals surface area (Å²) in [6, 6.07) is 8.53. The van der Waals surface area contributed by atoms with Gasteiger partial charge in [-0.3, -0.25) is 9.59 Å². The molecule has 0 spiro atoms. The molecule has 0 radical (unpaired) electrons. The van der Waals surface area contributed by atoms with E-state index in [0.29, 0.717) is 99.0 Å². The number of halogens is 7. The summed E-state index contributed by atoms with van der Waals surface area (Å²) in [5.74, 6) is -0.154. The first kappa shape index (κ1) is 45.2. The van der Waals surface area contributed by atoms with Crippen molar-refractivity contribution in [1.82, 2.24) is 49.7 Å². The molecule has 2 fully saturated rings. The summed E-state index contributed by atoms with van der Waals surface area (Å²) in [5, 5.41) is 9.30. The van der Waals surface area contributed by atoms with Crippen molar-refractivity contribution in [3.63, 3.8) is 0 Å². The topological polar surface area (TPSA) is 174 Å². The van der Waals surface area contributed by atoms with Gasteiger partial charge >= 0.3 is 0 Å². The predicted octanol–water partition coefficient (Wildman–Crippen LogP) is 9.79. The van der Waals surface area contributed by atoms with E-state index in [1.54, 1.807) is 64.9 Å². The van der Waals surface area contributed by atoms with E-state index in [2.05, 4.69) is 50.5 Å². The van der Waals surface area contributed by atoms with Crippen LogP contribution in [0.5, 0.6) is 0 Å². The van der Waals surface area contributed by atoms with Crippen LogP contribution in [-0.2, 0) is 4.79 Å². The SMILES string of the molecule is O=C(CCl)N1CCCC(CNc2nc(-c3c[nH]c4ncc(Cl)cc34)ncc2F)C1.O=C(c1c(Cl)cccc1Cl)N1CCCC(CNc2nc(-c3c[nH]c4ncc(Cl)cc34)ncc2F)C1.